The molecule has 72 valence electrons. The molecule has 1 heterocycles. The van der Waals surface area contributed by atoms with Gasteiger partial charge in [-0.05, 0) is 18.6 Å². The second kappa shape index (κ2) is 3.94. The maximum absolute atomic E-state index is 8.58. The fraction of sp³-hybridized carbons (Fsp3) is 0.100. The number of nitrogens with zero attached hydrogens (tertiary/aromatic N) is 1. The summed E-state index contributed by atoms with van der Waals surface area (Å²) in [5.74, 6) is 0. The summed E-state index contributed by atoms with van der Waals surface area (Å²) in [6, 6.07) is 10.2. The molecule has 0 fully saturated rings. The van der Waals surface area contributed by atoms with Crippen LogP contribution in [0.1, 0.15) is 5.56 Å². The molecule has 1 aromatic heterocycles. The van der Waals surface area contributed by atoms with E-state index in [1.54, 1.807) is 10.3 Å². The maximum Gasteiger partial charge on any atom is 0.166 e. The molecule has 0 spiro atoms. The van der Waals surface area contributed by atoms with Gasteiger partial charge in [0.15, 0.2) is 4.67 Å². The van der Waals surface area contributed by atoms with Crippen LogP contribution in [0, 0.1) is 6.92 Å². The van der Waals surface area contributed by atoms with Crippen molar-refractivity contribution in [1.29, 1.82) is 0 Å². The monoisotopic (exact) mass is 223 g/mol. The zero-order chi connectivity index (χ0) is 9.97. The van der Waals surface area contributed by atoms with Gasteiger partial charge in [0.25, 0.3) is 0 Å². The molecule has 0 saturated heterocycles. The van der Waals surface area contributed by atoms with Crippen molar-refractivity contribution < 1.29 is 5.21 Å². The third kappa shape index (κ3) is 1.86. The Bertz CT molecular complexity index is 481. The molecule has 0 aliphatic heterocycles. The summed E-state index contributed by atoms with van der Waals surface area (Å²) in [6.45, 7) is 2.06. The summed E-state index contributed by atoms with van der Waals surface area (Å²) < 4.78 is 0.658. The first-order chi connectivity index (χ1) is 6.79. The van der Waals surface area contributed by atoms with Crippen LogP contribution in [0.2, 0.25) is 0 Å². The van der Waals surface area contributed by atoms with E-state index in [-0.39, 0.29) is 0 Å². The molecule has 1 N–H and O–H groups in total. The quantitative estimate of drug-likeness (QED) is 0.450. The number of hydrogen-bond acceptors (Lipinski definition) is 4. The first kappa shape index (κ1) is 9.43. The highest BCUT2D eigenvalue weighted by molar-refractivity contribution is 7.69. The van der Waals surface area contributed by atoms with Crippen molar-refractivity contribution in [3.05, 3.63) is 40.6 Å². The minimum atomic E-state index is 0.658. The van der Waals surface area contributed by atoms with Gasteiger partial charge in [-0.3, -0.25) is 0 Å². The first-order valence-corrected chi connectivity index (χ1v) is 6.30. The van der Waals surface area contributed by atoms with Crippen LogP contribution in [0.25, 0.3) is 10.4 Å². The van der Waals surface area contributed by atoms with E-state index in [4.69, 9.17) is 5.21 Å². The van der Waals surface area contributed by atoms with Gasteiger partial charge in [0, 0.05) is 4.88 Å². The Labute approximate surface area is 89.2 Å². The van der Waals surface area contributed by atoms with Gasteiger partial charge in [0.2, 0.25) is 0 Å². The molecule has 0 unspecified atom stereocenters. The Morgan fingerprint density at radius 1 is 1.14 bits per heavy atom. The highest BCUT2D eigenvalue weighted by atomic mass is 32.9. The minimum absolute atomic E-state index is 0.658. The van der Waals surface area contributed by atoms with E-state index < -0.39 is 0 Å². The Balaban J connectivity index is 2.44. The van der Waals surface area contributed by atoms with Crippen LogP contribution in [0.5, 0.6) is 0 Å². The van der Waals surface area contributed by atoms with Crippen LogP contribution in [0.3, 0.4) is 0 Å². The molecular weight excluding hydrogens is 214 g/mol. The molecule has 0 radical (unpaired) electrons. The van der Waals surface area contributed by atoms with E-state index in [2.05, 4.69) is 36.3 Å². The van der Waals surface area contributed by atoms with E-state index in [1.165, 1.54) is 21.5 Å². The molecule has 1 aromatic carbocycles. The van der Waals surface area contributed by atoms with Crippen LogP contribution in [0.4, 0.5) is 0 Å². The van der Waals surface area contributed by atoms with Crippen molar-refractivity contribution >= 4 is 20.7 Å². The average molecular weight is 223 g/mol. The minimum Gasteiger partial charge on any atom is -0.410 e. The van der Waals surface area contributed by atoms with Crippen molar-refractivity contribution in [3.8, 4) is 10.4 Å². The Morgan fingerprint density at radius 3 is 2.43 bits per heavy atom. The lowest BCUT2D eigenvalue weighted by Gasteiger charge is -1.96. The summed E-state index contributed by atoms with van der Waals surface area (Å²) in [6.07, 6.45) is 0. The molecule has 0 atom stereocenters. The van der Waals surface area contributed by atoms with Crippen molar-refractivity contribution in [2.45, 2.75) is 6.92 Å². The topological polar surface area (TPSA) is 32.6 Å². The summed E-state index contributed by atoms with van der Waals surface area (Å²) >= 11 is 0. The molecule has 14 heavy (non-hydrogen) atoms. The third-order valence-electron chi connectivity index (χ3n) is 1.91. The second-order valence-corrected chi connectivity index (χ2v) is 5.17. The van der Waals surface area contributed by atoms with E-state index in [0.29, 0.717) is 4.67 Å². The highest BCUT2D eigenvalue weighted by Gasteiger charge is 1.99. The molecule has 4 heteroatoms. The summed E-state index contributed by atoms with van der Waals surface area (Å²) in [7, 11) is 3.09. The fourth-order valence-electron chi connectivity index (χ4n) is 1.14. The van der Waals surface area contributed by atoms with Crippen molar-refractivity contribution in [1.82, 2.24) is 0 Å². The summed E-state index contributed by atoms with van der Waals surface area (Å²) in [5, 5.41) is 11.7. The summed E-state index contributed by atoms with van der Waals surface area (Å²) in [4.78, 5) is 1.14. The fourth-order valence-corrected chi connectivity index (χ4v) is 3.19. The number of benzene rings is 1. The van der Waals surface area contributed by atoms with Gasteiger partial charge < -0.3 is 5.21 Å². The molecular formula is C10H9NOS2. The van der Waals surface area contributed by atoms with Gasteiger partial charge >= 0.3 is 0 Å². The Kier molecular flexibility index (Phi) is 2.65. The molecule has 0 saturated carbocycles. The molecule has 0 amide bonds. The number of rotatable bonds is 1. The Morgan fingerprint density at radius 2 is 1.86 bits per heavy atom. The van der Waals surface area contributed by atoms with Crippen LogP contribution < -0.4 is 4.67 Å². The van der Waals surface area contributed by atoms with Crippen molar-refractivity contribution in [3.63, 3.8) is 0 Å². The second-order valence-electron chi connectivity index (χ2n) is 2.98. The lowest BCUT2D eigenvalue weighted by molar-refractivity contribution is 0.304. The molecule has 2 nitrogen and oxygen atoms in total. The van der Waals surface area contributed by atoms with Crippen LogP contribution in [0.15, 0.2) is 35.5 Å². The van der Waals surface area contributed by atoms with E-state index in [9.17, 15) is 0 Å². The van der Waals surface area contributed by atoms with E-state index in [0.717, 1.165) is 4.88 Å². The third-order valence-corrected chi connectivity index (χ3v) is 4.19. The predicted molar refractivity (Wildman–Crippen MR) is 59.7 cm³/mol. The van der Waals surface area contributed by atoms with E-state index >= 15 is 0 Å². The van der Waals surface area contributed by atoms with Gasteiger partial charge in [0.1, 0.15) is 0 Å². The molecule has 2 rings (SSSR count). The largest absolute Gasteiger partial charge is 0.410 e. The van der Waals surface area contributed by atoms with Crippen LogP contribution >= 0.6 is 20.7 Å². The lowest BCUT2D eigenvalue weighted by atomic mass is 10.1. The lowest BCUT2D eigenvalue weighted by Crippen LogP contribution is -1.87. The first-order valence-electron chi connectivity index (χ1n) is 4.15. The van der Waals surface area contributed by atoms with Gasteiger partial charge in [0.05, 0.1) is 0 Å². The molecule has 0 aliphatic carbocycles. The molecule has 0 bridgehead atoms. The maximum atomic E-state index is 8.58. The number of aryl methyl sites for hydroxylation is 1. The van der Waals surface area contributed by atoms with Crippen molar-refractivity contribution in [2.75, 3.05) is 0 Å². The highest BCUT2D eigenvalue weighted by Crippen LogP contribution is 2.25. The number of hydrogen-bond donors (Lipinski definition) is 1. The van der Waals surface area contributed by atoms with Gasteiger partial charge in [-0.1, -0.05) is 55.7 Å². The zero-order valence-electron chi connectivity index (χ0n) is 7.60. The normalized spacial score (nSPS) is 11.9. The smallest absolute Gasteiger partial charge is 0.166 e. The zero-order valence-corrected chi connectivity index (χ0v) is 9.23. The van der Waals surface area contributed by atoms with Crippen LogP contribution in [-0.2, 0) is 0 Å². The van der Waals surface area contributed by atoms with Crippen LogP contribution in [-0.4, -0.2) is 5.21 Å². The Hall–Kier alpha value is -1.13. The van der Waals surface area contributed by atoms with E-state index in [1.807, 2.05) is 6.07 Å². The van der Waals surface area contributed by atoms with Gasteiger partial charge in [-0.15, -0.1) is 0 Å². The van der Waals surface area contributed by atoms with Crippen molar-refractivity contribution in [2.24, 2.45) is 5.16 Å². The predicted octanol–water partition coefficient (Wildman–Crippen LogP) is 3.07. The molecule has 2 aromatic rings. The average Bonchev–Trinajstić information content (AvgIpc) is 2.67. The SMILES string of the molecule is Cc1ccc(-c2c/c(=N\O)ss2)cc1. The summed E-state index contributed by atoms with van der Waals surface area (Å²) in [5.41, 5.74) is 2.42. The molecule has 0 aliphatic rings. The van der Waals surface area contributed by atoms with Gasteiger partial charge in [-0.2, -0.15) is 0 Å². The standard InChI is InChI=1S/C10H9NOS2/c1-7-2-4-8(5-3-7)9-6-10(11-12)14-13-9/h2-6,12H,1H3/b11-10+. The van der Waals surface area contributed by atoms with Gasteiger partial charge in [-0.25, -0.2) is 0 Å².